The molecule has 2 aromatic rings. The minimum Gasteiger partial charge on any atom is -0.398 e. The Balaban J connectivity index is 2.07. The first-order valence-corrected chi connectivity index (χ1v) is 7.15. The van der Waals surface area contributed by atoms with Gasteiger partial charge in [0.05, 0.1) is 0 Å². The summed E-state index contributed by atoms with van der Waals surface area (Å²) in [6.07, 6.45) is 0.851. The Kier molecular flexibility index (Phi) is 4.63. The molecular weight excluding hydrogens is 260 g/mol. The maximum Gasteiger partial charge on any atom is 0.253 e. The van der Waals surface area contributed by atoms with Gasteiger partial charge < -0.3 is 10.6 Å². The van der Waals surface area contributed by atoms with E-state index in [1.165, 1.54) is 5.56 Å². The minimum absolute atomic E-state index is 0.0233. The van der Waals surface area contributed by atoms with Crippen molar-refractivity contribution in [3.8, 4) is 0 Å². The fourth-order valence-electron chi connectivity index (χ4n) is 2.35. The zero-order valence-corrected chi connectivity index (χ0v) is 12.9. The second-order valence-electron chi connectivity index (χ2n) is 5.49. The molecule has 2 rings (SSSR count). The Morgan fingerprint density at radius 2 is 1.76 bits per heavy atom. The number of carbonyl (C=O) groups excluding carboxylic acids is 1. The number of likely N-dealkylation sites (N-methyl/N-ethyl adjacent to an activating group) is 1. The van der Waals surface area contributed by atoms with Crippen molar-refractivity contribution < 1.29 is 4.79 Å². The van der Waals surface area contributed by atoms with E-state index in [-0.39, 0.29) is 5.91 Å². The largest absolute Gasteiger partial charge is 0.398 e. The summed E-state index contributed by atoms with van der Waals surface area (Å²) in [7, 11) is 1.83. The molecule has 0 radical (unpaired) electrons. The molecule has 0 unspecified atom stereocenters. The standard InChI is InChI=1S/C18H22N2O/c1-13-11-14(2)17(19)12-16(13)18(21)20(3)10-9-15-7-5-4-6-8-15/h4-8,11-12H,9-10,19H2,1-3H3. The van der Waals surface area contributed by atoms with E-state index in [9.17, 15) is 4.79 Å². The maximum absolute atomic E-state index is 12.5. The predicted octanol–water partition coefficient (Wildman–Crippen LogP) is 3.20. The summed E-state index contributed by atoms with van der Waals surface area (Å²) in [5.74, 6) is 0.0233. The number of amides is 1. The van der Waals surface area contributed by atoms with E-state index in [0.717, 1.165) is 17.5 Å². The van der Waals surface area contributed by atoms with E-state index in [1.807, 2.05) is 45.2 Å². The molecule has 0 fully saturated rings. The van der Waals surface area contributed by atoms with E-state index in [2.05, 4.69) is 12.1 Å². The second kappa shape index (κ2) is 6.44. The summed E-state index contributed by atoms with van der Waals surface area (Å²) in [6.45, 7) is 4.59. The molecule has 0 heterocycles. The van der Waals surface area contributed by atoms with Crippen molar-refractivity contribution in [2.75, 3.05) is 19.3 Å². The summed E-state index contributed by atoms with van der Waals surface area (Å²) in [5.41, 5.74) is 10.5. The van der Waals surface area contributed by atoms with Crippen LogP contribution < -0.4 is 5.73 Å². The zero-order valence-electron chi connectivity index (χ0n) is 12.9. The number of hydrogen-bond acceptors (Lipinski definition) is 2. The van der Waals surface area contributed by atoms with Gasteiger partial charge >= 0.3 is 0 Å². The minimum atomic E-state index is 0.0233. The summed E-state index contributed by atoms with van der Waals surface area (Å²) in [4.78, 5) is 14.3. The molecule has 0 atom stereocenters. The van der Waals surface area contributed by atoms with Gasteiger partial charge in [0.2, 0.25) is 0 Å². The van der Waals surface area contributed by atoms with Crippen LogP contribution in [0.15, 0.2) is 42.5 Å². The fraction of sp³-hybridized carbons (Fsp3) is 0.278. The van der Waals surface area contributed by atoms with Gasteiger partial charge in [-0.15, -0.1) is 0 Å². The molecule has 3 heteroatoms. The summed E-state index contributed by atoms with van der Waals surface area (Å²) < 4.78 is 0. The maximum atomic E-state index is 12.5. The molecule has 2 aromatic carbocycles. The van der Waals surface area contributed by atoms with Gasteiger partial charge in [-0.25, -0.2) is 0 Å². The normalized spacial score (nSPS) is 10.4. The number of nitrogen functional groups attached to an aromatic ring is 1. The van der Waals surface area contributed by atoms with Crippen LogP contribution in [0.3, 0.4) is 0 Å². The van der Waals surface area contributed by atoms with Crippen LogP contribution in [0.5, 0.6) is 0 Å². The van der Waals surface area contributed by atoms with E-state index < -0.39 is 0 Å². The molecule has 0 aliphatic rings. The van der Waals surface area contributed by atoms with Crippen LogP contribution in [0.4, 0.5) is 5.69 Å². The highest BCUT2D eigenvalue weighted by molar-refractivity contribution is 5.96. The molecule has 0 saturated heterocycles. The molecule has 1 amide bonds. The molecule has 0 spiro atoms. The lowest BCUT2D eigenvalue weighted by Gasteiger charge is -2.19. The van der Waals surface area contributed by atoms with E-state index in [4.69, 9.17) is 5.73 Å². The van der Waals surface area contributed by atoms with Gasteiger partial charge in [-0.3, -0.25) is 4.79 Å². The number of nitrogens with two attached hydrogens (primary N) is 1. The third kappa shape index (κ3) is 3.63. The second-order valence-corrected chi connectivity index (χ2v) is 5.49. The first-order valence-electron chi connectivity index (χ1n) is 7.15. The van der Waals surface area contributed by atoms with Crippen molar-refractivity contribution in [3.63, 3.8) is 0 Å². The third-order valence-electron chi connectivity index (χ3n) is 3.77. The Morgan fingerprint density at radius 3 is 2.43 bits per heavy atom. The van der Waals surface area contributed by atoms with Crippen LogP contribution in [0.1, 0.15) is 27.0 Å². The SMILES string of the molecule is Cc1cc(C)c(C(=O)N(C)CCc2ccccc2)cc1N. The quantitative estimate of drug-likeness (QED) is 0.875. The number of hydrogen-bond donors (Lipinski definition) is 1. The number of anilines is 1. The number of rotatable bonds is 4. The van der Waals surface area contributed by atoms with Gasteiger partial charge in [0.1, 0.15) is 0 Å². The topological polar surface area (TPSA) is 46.3 Å². The highest BCUT2D eigenvalue weighted by Gasteiger charge is 2.15. The van der Waals surface area contributed by atoms with Crippen molar-refractivity contribution in [1.29, 1.82) is 0 Å². The van der Waals surface area contributed by atoms with Crippen LogP contribution in [0.2, 0.25) is 0 Å². The molecule has 21 heavy (non-hydrogen) atoms. The molecule has 110 valence electrons. The highest BCUT2D eigenvalue weighted by atomic mass is 16.2. The lowest BCUT2D eigenvalue weighted by Crippen LogP contribution is -2.29. The van der Waals surface area contributed by atoms with Crippen LogP contribution in [-0.4, -0.2) is 24.4 Å². The molecule has 0 bridgehead atoms. The molecule has 3 nitrogen and oxygen atoms in total. The first kappa shape index (κ1) is 15.1. The summed E-state index contributed by atoms with van der Waals surface area (Å²) >= 11 is 0. The third-order valence-corrected chi connectivity index (χ3v) is 3.77. The number of aryl methyl sites for hydroxylation is 2. The molecule has 0 aromatic heterocycles. The molecule has 0 saturated carbocycles. The van der Waals surface area contributed by atoms with Crippen LogP contribution in [0.25, 0.3) is 0 Å². The van der Waals surface area contributed by atoms with E-state index in [1.54, 1.807) is 11.0 Å². The van der Waals surface area contributed by atoms with Crippen molar-refractivity contribution in [2.24, 2.45) is 0 Å². The fourth-order valence-corrected chi connectivity index (χ4v) is 2.35. The molecule has 2 N–H and O–H groups in total. The van der Waals surface area contributed by atoms with Crippen LogP contribution in [0, 0.1) is 13.8 Å². The van der Waals surface area contributed by atoms with Crippen molar-refractivity contribution in [3.05, 3.63) is 64.7 Å². The Hall–Kier alpha value is -2.29. The Labute approximate surface area is 126 Å². The lowest BCUT2D eigenvalue weighted by molar-refractivity contribution is 0.0796. The molecule has 0 aliphatic carbocycles. The summed E-state index contributed by atoms with van der Waals surface area (Å²) in [5, 5.41) is 0. The van der Waals surface area contributed by atoms with Crippen LogP contribution >= 0.6 is 0 Å². The Morgan fingerprint density at radius 1 is 1.10 bits per heavy atom. The first-order chi connectivity index (χ1) is 9.99. The van der Waals surface area contributed by atoms with Gasteiger partial charge in [0.15, 0.2) is 0 Å². The number of carbonyl (C=O) groups is 1. The Bertz CT molecular complexity index is 635. The molecular formula is C18H22N2O. The number of benzene rings is 2. The van der Waals surface area contributed by atoms with Crippen molar-refractivity contribution in [1.82, 2.24) is 4.90 Å². The van der Waals surface area contributed by atoms with Gasteiger partial charge in [0.25, 0.3) is 5.91 Å². The van der Waals surface area contributed by atoms with Gasteiger partial charge in [0, 0.05) is 24.8 Å². The van der Waals surface area contributed by atoms with Gasteiger partial charge in [-0.05, 0) is 43.0 Å². The smallest absolute Gasteiger partial charge is 0.253 e. The zero-order chi connectivity index (χ0) is 15.4. The molecule has 0 aliphatic heterocycles. The van der Waals surface area contributed by atoms with E-state index in [0.29, 0.717) is 17.8 Å². The average Bonchev–Trinajstić information content (AvgIpc) is 2.49. The highest BCUT2D eigenvalue weighted by Crippen LogP contribution is 2.19. The van der Waals surface area contributed by atoms with Crippen molar-refractivity contribution in [2.45, 2.75) is 20.3 Å². The van der Waals surface area contributed by atoms with Crippen LogP contribution in [-0.2, 0) is 6.42 Å². The lowest BCUT2D eigenvalue weighted by atomic mass is 10.0. The van der Waals surface area contributed by atoms with Crippen molar-refractivity contribution >= 4 is 11.6 Å². The van der Waals surface area contributed by atoms with E-state index >= 15 is 0 Å². The summed E-state index contributed by atoms with van der Waals surface area (Å²) in [6, 6.07) is 13.9. The average molecular weight is 282 g/mol. The monoisotopic (exact) mass is 282 g/mol. The van der Waals surface area contributed by atoms with Gasteiger partial charge in [-0.1, -0.05) is 36.4 Å². The van der Waals surface area contributed by atoms with Gasteiger partial charge in [-0.2, -0.15) is 0 Å². The number of nitrogens with zero attached hydrogens (tertiary/aromatic N) is 1. The predicted molar refractivity (Wildman–Crippen MR) is 87.4 cm³/mol.